The molecule has 0 aliphatic rings. The normalized spacial score (nSPS) is 5.00. The van der Waals surface area contributed by atoms with Crippen LogP contribution in [0, 0.1) is 13.5 Å². The zero-order chi connectivity index (χ0) is 4.28. The van der Waals surface area contributed by atoms with E-state index in [1.807, 2.05) is 20.8 Å². The molecular weight excluding hydrogens is 161 g/mol. The molecular formula is C6H12Y-2. The SMILES string of the molecule is C[C-]=C(C)C.[CH3-].[Y]. The summed E-state index contributed by atoms with van der Waals surface area (Å²) in [5.41, 5.74) is 1.25. The molecule has 0 aromatic heterocycles. The van der Waals surface area contributed by atoms with Crippen LogP contribution in [0.2, 0.25) is 0 Å². The average molecular weight is 173 g/mol. The molecule has 1 heteroatoms. The molecule has 0 saturated heterocycles. The van der Waals surface area contributed by atoms with E-state index in [4.69, 9.17) is 0 Å². The van der Waals surface area contributed by atoms with Gasteiger partial charge in [0.15, 0.2) is 0 Å². The van der Waals surface area contributed by atoms with Crippen LogP contribution in [0.4, 0.5) is 0 Å². The summed E-state index contributed by atoms with van der Waals surface area (Å²) < 4.78 is 0. The number of rotatable bonds is 0. The maximum atomic E-state index is 2.94. The van der Waals surface area contributed by atoms with Crippen molar-refractivity contribution in [3.8, 4) is 0 Å². The van der Waals surface area contributed by atoms with Gasteiger partial charge in [-0.05, 0) is 0 Å². The quantitative estimate of drug-likeness (QED) is 0.492. The Balaban J connectivity index is -0.0000000800. The third kappa shape index (κ3) is 19.9. The predicted octanol–water partition coefficient (Wildman–Crippen LogP) is 2.22. The summed E-state index contributed by atoms with van der Waals surface area (Å²) in [6.07, 6.45) is 2.94. The monoisotopic (exact) mass is 173 g/mol. The van der Waals surface area contributed by atoms with Crippen LogP contribution in [0.15, 0.2) is 5.57 Å². The second-order valence-electron chi connectivity index (χ2n) is 1.25. The zero-order valence-electron chi connectivity index (χ0n) is 5.58. The van der Waals surface area contributed by atoms with Crippen LogP contribution >= 0.6 is 0 Å². The molecule has 0 bridgehead atoms. The molecule has 1 radical (unpaired) electrons. The predicted molar refractivity (Wildman–Crippen MR) is 30.2 cm³/mol. The summed E-state index contributed by atoms with van der Waals surface area (Å²) in [7, 11) is 0. The minimum atomic E-state index is 0. The Labute approximate surface area is 72.3 Å². The maximum absolute atomic E-state index is 2.94. The number of hydrogen-bond acceptors (Lipinski definition) is 0. The van der Waals surface area contributed by atoms with Crippen molar-refractivity contribution in [3.05, 3.63) is 19.1 Å². The van der Waals surface area contributed by atoms with Crippen LogP contribution in [0.1, 0.15) is 20.8 Å². The van der Waals surface area contributed by atoms with Gasteiger partial charge in [-0.1, -0.05) is 13.8 Å². The fourth-order valence-electron chi connectivity index (χ4n) is 0. The standard InChI is InChI=1S/C5H9.CH3.Y/c1-4-5(2)3;;/h1-3H3;1H3;/q2*-1;. The van der Waals surface area contributed by atoms with Gasteiger partial charge in [-0.2, -0.15) is 6.92 Å². The molecule has 0 unspecified atom stereocenters. The summed E-state index contributed by atoms with van der Waals surface area (Å²) in [5, 5.41) is 0. The minimum absolute atomic E-state index is 0. The first-order chi connectivity index (χ1) is 2.27. The van der Waals surface area contributed by atoms with E-state index in [1.54, 1.807) is 0 Å². The van der Waals surface area contributed by atoms with E-state index in [1.165, 1.54) is 5.57 Å². The molecule has 0 aliphatic carbocycles. The molecule has 0 fully saturated rings. The second-order valence-corrected chi connectivity index (χ2v) is 1.25. The van der Waals surface area contributed by atoms with Gasteiger partial charge in [0, 0.05) is 32.7 Å². The summed E-state index contributed by atoms with van der Waals surface area (Å²) >= 11 is 0. The van der Waals surface area contributed by atoms with E-state index in [-0.39, 0.29) is 40.1 Å². The first-order valence-electron chi connectivity index (χ1n) is 1.75. The van der Waals surface area contributed by atoms with Crippen molar-refractivity contribution in [3.63, 3.8) is 0 Å². The molecule has 0 heterocycles. The topological polar surface area (TPSA) is 0 Å². The zero-order valence-corrected chi connectivity index (χ0v) is 8.42. The van der Waals surface area contributed by atoms with Gasteiger partial charge < -0.3 is 13.5 Å². The summed E-state index contributed by atoms with van der Waals surface area (Å²) in [6, 6.07) is 0. The first-order valence-corrected chi connectivity index (χ1v) is 1.75. The van der Waals surface area contributed by atoms with Crippen LogP contribution in [0.3, 0.4) is 0 Å². The molecule has 41 valence electrons. The molecule has 0 atom stereocenters. The molecule has 0 saturated carbocycles. The third-order valence-electron chi connectivity index (χ3n) is 0.500. The van der Waals surface area contributed by atoms with Crippen molar-refractivity contribution < 1.29 is 32.7 Å². The van der Waals surface area contributed by atoms with Crippen LogP contribution < -0.4 is 0 Å². The Morgan fingerprint density at radius 1 is 1.29 bits per heavy atom. The molecule has 0 amide bonds. The second kappa shape index (κ2) is 9.96. The van der Waals surface area contributed by atoms with Crippen molar-refractivity contribution >= 4 is 0 Å². The largest absolute Gasteiger partial charge is 0.501 e. The Kier molecular flexibility index (Phi) is 22.3. The molecule has 0 spiro atoms. The van der Waals surface area contributed by atoms with Crippen molar-refractivity contribution in [2.24, 2.45) is 0 Å². The van der Waals surface area contributed by atoms with E-state index in [0.29, 0.717) is 0 Å². The van der Waals surface area contributed by atoms with Gasteiger partial charge in [0.1, 0.15) is 0 Å². The van der Waals surface area contributed by atoms with Crippen LogP contribution in [-0.2, 0) is 32.7 Å². The molecule has 0 aromatic rings. The van der Waals surface area contributed by atoms with Gasteiger partial charge >= 0.3 is 0 Å². The van der Waals surface area contributed by atoms with Gasteiger partial charge in [-0.25, -0.2) is 0 Å². The molecule has 0 nitrogen and oxygen atoms in total. The van der Waals surface area contributed by atoms with Gasteiger partial charge in [-0.15, -0.1) is 0 Å². The van der Waals surface area contributed by atoms with Gasteiger partial charge in [0.25, 0.3) is 0 Å². The van der Waals surface area contributed by atoms with Gasteiger partial charge in [0.2, 0.25) is 0 Å². The Morgan fingerprint density at radius 2 is 1.43 bits per heavy atom. The number of hydrogen-bond donors (Lipinski definition) is 0. The minimum Gasteiger partial charge on any atom is -0.501 e. The fourth-order valence-corrected chi connectivity index (χ4v) is 0. The van der Waals surface area contributed by atoms with E-state index in [0.717, 1.165) is 0 Å². The smallest absolute Gasteiger partial charge is 0 e. The van der Waals surface area contributed by atoms with Crippen LogP contribution in [-0.4, -0.2) is 0 Å². The molecule has 0 N–H and O–H groups in total. The van der Waals surface area contributed by atoms with E-state index >= 15 is 0 Å². The van der Waals surface area contributed by atoms with Crippen molar-refractivity contribution in [2.45, 2.75) is 20.8 Å². The molecule has 0 aliphatic heterocycles. The van der Waals surface area contributed by atoms with Crippen LogP contribution in [0.5, 0.6) is 0 Å². The summed E-state index contributed by atoms with van der Waals surface area (Å²) in [6.45, 7) is 5.97. The molecule has 7 heavy (non-hydrogen) atoms. The average Bonchev–Trinajstić information content (AvgIpc) is 1.38. The Hall–Kier alpha value is 0.844. The number of allylic oxidation sites excluding steroid dienone is 2. The summed E-state index contributed by atoms with van der Waals surface area (Å²) in [5.74, 6) is 0. The fraction of sp³-hybridized carbons (Fsp3) is 0.500. The van der Waals surface area contributed by atoms with E-state index < -0.39 is 0 Å². The summed E-state index contributed by atoms with van der Waals surface area (Å²) in [4.78, 5) is 0. The van der Waals surface area contributed by atoms with Gasteiger partial charge in [0.05, 0.1) is 0 Å². The van der Waals surface area contributed by atoms with Crippen molar-refractivity contribution in [2.75, 3.05) is 0 Å². The van der Waals surface area contributed by atoms with Gasteiger partial charge in [-0.3, -0.25) is 5.57 Å². The van der Waals surface area contributed by atoms with E-state index in [9.17, 15) is 0 Å². The third-order valence-corrected chi connectivity index (χ3v) is 0.500. The van der Waals surface area contributed by atoms with Crippen molar-refractivity contribution in [1.82, 2.24) is 0 Å². The van der Waals surface area contributed by atoms with Crippen molar-refractivity contribution in [1.29, 1.82) is 0 Å². The maximum Gasteiger partial charge on any atom is 0 e. The van der Waals surface area contributed by atoms with Crippen LogP contribution in [0.25, 0.3) is 0 Å². The Morgan fingerprint density at radius 3 is 1.43 bits per heavy atom. The first kappa shape index (κ1) is 15.7. The molecule has 0 aromatic carbocycles. The Bertz CT molecular complexity index is 42.1. The van der Waals surface area contributed by atoms with E-state index in [2.05, 4.69) is 6.08 Å². The molecule has 0 rings (SSSR count).